The molecule has 1 amide bonds. The summed E-state index contributed by atoms with van der Waals surface area (Å²) in [5.41, 5.74) is 1.87. The van der Waals surface area contributed by atoms with E-state index >= 15 is 0 Å². The van der Waals surface area contributed by atoms with Crippen molar-refractivity contribution < 1.29 is 17.6 Å². The minimum atomic E-state index is -4.07. The fourth-order valence-electron chi connectivity index (χ4n) is 3.05. The number of hydrogen-bond donors (Lipinski definition) is 2. The van der Waals surface area contributed by atoms with Gasteiger partial charge in [0.25, 0.3) is 15.9 Å². The number of benzene rings is 3. The molecular formula is C23H16Cl2N2O4S. The van der Waals surface area contributed by atoms with Gasteiger partial charge in [-0.15, -0.1) is 0 Å². The van der Waals surface area contributed by atoms with Crippen LogP contribution in [0.2, 0.25) is 10.0 Å². The van der Waals surface area contributed by atoms with Gasteiger partial charge in [-0.05, 0) is 42.0 Å². The number of sulfonamides is 1. The molecule has 0 fully saturated rings. The first kappa shape index (κ1) is 22.0. The van der Waals surface area contributed by atoms with E-state index in [1.807, 2.05) is 30.3 Å². The van der Waals surface area contributed by atoms with Crippen LogP contribution in [0.3, 0.4) is 0 Å². The third-order valence-electron chi connectivity index (χ3n) is 4.55. The number of rotatable bonds is 6. The van der Waals surface area contributed by atoms with Crippen LogP contribution in [-0.4, -0.2) is 14.3 Å². The van der Waals surface area contributed by atoms with E-state index in [1.54, 1.807) is 24.3 Å². The molecule has 9 heteroatoms. The van der Waals surface area contributed by atoms with Crippen molar-refractivity contribution in [2.24, 2.45) is 0 Å². The monoisotopic (exact) mass is 486 g/mol. The summed E-state index contributed by atoms with van der Waals surface area (Å²) >= 11 is 12.2. The van der Waals surface area contributed by atoms with Gasteiger partial charge in [0.05, 0.1) is 22.0 Å². The Morgan fingerprint density at radius 2 is 1.56 bits per heavy atom. The van der Waals surface area contributed by atoms with Crippen LogP contribution in [0.5, 0.6) is 0 Å². The fraction of sp³-hybridized carbons (Fsp3) is 0. The summed E-state index contributed by atoms with van der Waals surface area (Å²) in [6, 6.07) is 21.6. The van der Waals surface area contributed by atoms with Crippen molar-refractivity contribution in [2.75, 3.05) is 10.0 Å². The van der Waals surface area contributed by atoms with Gasteiger partial charge in [0.1, 0.15) is 4.90 Å². The van der Waals surface area contributed by atoms with Crippen LogP contribution >= 0.6 is 23.2 Å². The first-order valence-electron chi connectivity index (χ1n) is 9.36. The topological polar surface area (TPSA) is 88.4 Å². The predicted octanol–water partition coefficient (Wildman–Crippen LogP) is 6.31. The zero-order chi connectivity index (χ0) is 22.7. The van der Waals surface area contributed by atoms with Gasteiger partial charge in [-0.2, -0.15) is 0 Å². The van der Waals surface area contributed by atoms with Gasteiger partial charge in [0.2, 0.25) is 0 Å². The zero-order valence-electron chi connectivity index (χ0n) is 16.4. The molecule has 0 atom stereocenters. The molecule has 4 rings (SSSR count). The second-order valence-electron chi connectivity index (χ2n) is 6.71. The molecule has 1 heterocycles. The van der Waals surface area contributed by atoms with Crippen molar-refractivity contribution in [1.29, 1.82) is 0 Å². The molecule has 32 heavy (non-hydrogen) atoms. The highest BCUT2D eigenvalue weighted by atomic mass is 35.5. The molecule has 2 N–H and O–H groups in total. The van der Waals surface area contributed by atoms with E-state index in [4.69, 9.17) is 27.6 Å². The third kappa shape index (κ3) is 4.65. The molecule has 0 aliphatic rings. The van der Waals surface area contributed by atoms with Gasteiger partial charge in [-0.25, -0.2) is 8.42 Å². The minimum absolute atomic E-state index is 0.00877. The number of hydrogen-bond acceptors (Lipinski definition) is 4. The van der Waals surface area contributed by atoms with E-state index in [0.29, 0.717) is 5.56 Å². The molecule has 0 aliphatic carbocycles. The van der Waals surface area contributed by atoms with Crippen LogP contribution in [-0.2, 0) is 10.0 Å². The summed E-state index contributed by atoms with van der Waals surface area (Å²) in [4.78, 5) is 12.6. The molecule has 0 spiro atoms. The number of nitrogens with one attached hydrogen (secondary N) is 2. The van der Waals surface area contributed by atoms with Crippen LogP contribution in [0.25, 0.3) is 11.1 Å². The highest BCUT2D eigenvalue weighted by Crippen LogP contribution is 2.30. The maximum atomic E-state index is 12.9. The quantitative estimate of drug-likeness (QED) is 0.334. The Morgan fingerprint density at radius 1 is 0.844 bits per heavy atom. The summed E-state index contributed by atoms with van der Waals surface area (Å²) < 4.78 is 33.6. The molecule has 0 saturated carbocycles. The standard InChI is InChI=1S/C23H16Cl2N2O4S/c24-18-8-4-5-9-20(18)27-32(29,30)21-14-16(10-11-19(21)25)26-23(28)22-17(12-13-31-22)15-6-2-1-3-7-15/h1-14,27H,(H,26,28). The van der Waals surface area contributed by atoms with E-state index in [1.165, 1.54) is 30.5 Å². The second kappa shape index (κ2) is 9.08. The number of furan rings is 1. The molecule has 0 saturated heterocycles. The van der Waals surface area contributed by atoms with Crippen LogP contribution < -0.4 is 10.0 Å². The minimum Gasteiger partial charge on any atom is -0.459 e. The number of halogens is 2. The average molecular weight is 487 g/mol. The third-order valence-corrected chi connectivity index (χ3v) is 6.73. The van der Waals surface area contributed by atoms with Crippen molar-refractivity contribution in [3.8, 4) is 11.1 Å². The van der Waals surface area contributed by atoms with Crippen LogP contribution in [0.1, 0.15) is 10.6 Å². The van der Waals surface area contributed by atoms with E-state index in [2.05, 4.69) is 10.0 Å². The SMILES string of the molecule is O=C(Nc1ccc(Cl)c(S(=O)(=O)Nc2ccccc2Cl)c1)c1occc1-c1ccccc1. The molecule has 4 aromatic rings. The molecule has 1 aromatic heterocycles. The molecule has 162 valence electrons. The number of para-hydroxylation sites is 1. The Hall–Kier alpha value is -3.26. The number of anilines is 2. The Bertz CT molecular complexity index is 1390. The Kier molecular flexibility index (Phi) is 6.23. The van der Waals surface area contributed by atoms with Crippen molar-refractivity contribution in [3.63, 3.8) is 0 Å². The van der Waals surface area contributed by atoms with Crippen LogP contribution in [0, 0.1) is 0 Å². The molecule has 0 radical (unpaired) electrons. The maximum absolute atomic E-state index is 12.9. The summed E-state index contributed by atoms with van der Waals surface area (Å²) in [6.07, 6.45) is 1.42. The fourth-order valence-corrected chi connectivity index (χ4v) is 4.89. The second-order valence-corrected chi connectivity index (χ2v) is 9.18. The smallest absolute Gasteiger partial charge is 0.292 e. The Balaban J connectivity index is 1.61. The summed E-state index contributed by atoms with van der Waals surface area (Å²) in [5, 5.41) is 2.89. The highest BCUT2D eigenvalue weighted by Gasteiger charge is 2.22. The van der Waals surface area contributed by atoms with Gasteiger partial charge in [0.15, 0.2) is 5.76 Å². The lowest BCUT2D eigenvalue weighted by molar-refractivity contribution is 0.0997. The summed E-state index contributed by atoms with van der Waals surface area (Å²) in [7, 11) is -4.07. The highest BCUT2D eigenvalue weighted by molar-refractivity contribution is 7.92. The normalized spacial score (nSPS) is 11.2. The molecular weight excluding hydrogens is 471 g/mol. The summed E-state index contributed by atoms with van der Waals surface area (Å²) in [6.45, 7) is 0. The van der Waals surface area contributed by atoms with Gasteiger partial charge in [-0.1, -0.05) is 65.7 Å². The lowest BCUT2D eigenvalue weighted by Gasteiger charge is -2.12. The molecule has 0 unspecified atom stereocenters. The zero-order valence-corrected chi connectivity index (χ0v) is 18.7. The van der Waals surface area contributed by atoms with Gasteiger partial charge in [-0.3, -0.25) is 9.52 Å². The lowest BCUT2D eigenvalue weighted by atomic mass is 10.1. The first-order chi connectivity index (χ1) is 15.3. The number of carbonyl (C=O) groups is 1. The largest absolute Gasteiger partial charge is 0.459 e. The van der Waals surface area contributed by atoms with E-state index in [9.17, 15) is 13.2 Å². The van der Waals surface area contributed by atoms with Crippen molar-refractivity contribution in [2.45, 2.75) is 4.90 Å². The first-order valence-corrected chi connectivity index (χ1v) is 11.6. The predicted molar refractivity (Wildman–Crippen MR) is 126 cm³/mol. The van der Waals surface area contributed by atoms with E-state index in [0.717, 1.165) is 5.56 Å². The van der Waals surface area contributed by atoms with Crippen LogP contribution in [0.4, 0.5) is 11.4 Å². The Labute approximate surface area is 194 Å². The molecule has 0 aliphatic heterocycles. The summed E-state index contributed by atoms with van der Waals surface area (Å²) in [5.74, 6) is -0.427. The molecule has 0 bridgehead atoms. The van der Waals surface area contributed by atoms with Crippen molar-refractivity contribution >= 4 is 50.5 Å². The Morgan fingerprint density at radius 3 is 2.31 bits per heavy atom. The van der Waals surface area contributed by atoms with Gasteiger partial charge < -0.3 is 9.73 Å². The number of amides is 1. The van der Waals surface area contributed by atoms with Gasteiger partial charge in [0, 0.05) is 11.3 Å². The maximum Gasteiger partial charge on any atom is 0.292 e. The number of carbonyl (C=O) groups excluding carboxylic acids is 1. The average Bonchev–Trinajstić information content (AvgIpc) is 3.27. The van der Waals surface area contributed by atoms with Crippen LogP contribution in [0.15, 0.2) is 94.4 Å². The lowest BCUT2D eigenvalue weighted by Crippen LogP contribution is -2.16. The van der Waals surface area contributed by atoms with E-state index < -0.39 is 15.9 Å². The van der Waals surface area contributed by atoms with E-state index in [-0.39, 0.29) is 32.1 Å². The van der Waals surface area contributed by atoms with Crippen molar-refractivity contribution in [3.05, 3.63) is 101 Å². The molecule has 6 nitrogen and oxygen atoms in total. The van der Waals surface area contributed by atoms with Crippen molar-refractivity contribution in [1.82, 2.24) is 0 Å². The van der Waals surface area contributed by atoms with Gasteiger partial charge >= 0.3 is 0 Å². The molecule has 3 aromatic carbocycles.